The van der Waals surface area contributed by atoms with Gasteiger partial charge in [-0.25, -0.2) is 0 Å². The number of likely N-dealkylation sites (N-methyl/N-ethyl adjacent to an activating group) is 1. The molecular weight excluding hydrogens is 257 g/mol. The molecule has 1 rings (SSSR count). The van der Waals surface area contributed by atoms with E-state index in [4.69, 9.17) is 10.5 Å². The molecule has 0 aliphatic heterocycles. The molecule has 0 radical (unpaired) electrons. The van der Waals surface area contributed by atoms with Crippen LogP contribution in [0.2, 0.25) is 0 Å². The van der Waals surface area contributed by atoms with Crippen LogP contribution in [0.4, 0.5) is 24.5 Å². The zero-order valence-electron chi connectivity index (χ0n) is 11.1. The molecular formula is C13H19F3N2O. The predicted octanol–water partition coefficient (Wildman–Crippen LogP) is 3.15. The van der Waals surface area contributed by atoms with E-state index in [2.05, 4.69) is 0 Å². The Morgan fingerprint density at radius 3 is 2.42 bits per heavy atom. The molecule has 3 nitrogen and oxygen atoms in total. The number of ether oxygens (including phenoxy) is 1. The van der Waals surface area contributed by atoms with Gasteiger partial charge in [0.05, 0.1) is 23.5 Å². The summed E-state index contributed by atoms with van der Waals surface area (Å²) in [4.78, 5) is 1.89. The Bertz CT molecular complexity index is 407. The third-order valence-electron chi connectivity index (χ3n) is 2.79. The van der Waals surface area contributed by atoms with Crippen molar-refractivity contribution in [3.8, 4) is 0 Å². The lowest BCUT2D eigenvalue weighted by molar-refractivity contribution is -0.137. The third-order valence-corrected chi connectivity index (χ3v) is 2.79. The van der Waals surface area contributed by atoms with Gasteiger partial charge in [-0.2, -0.15) is 13.2 Å². The summed E-state index contributed by atoms with van der Waals surface area (Å²) in [5.41, 5.74) is 5.73. The van der Waals surface area contributed by atoms with Gasteiger partial charge in [-0.1, -0.05) is 0 Å². The van der Waals surface area contributed by atoms with Crippen LogP contribution in [0.1, 0.15) is 19.4 Å². The Morgan fingerprint density at radius 2 is 1.95 bits per heavy atom. The van der Waals surface area contributed by atoms with Crippen molar-refractivity contribution in [3.63, 3.8) is 0 Å². The Labute approximate surface area is 111 Å². The van der Waals surface area contributed by atoms with Crippen molar-refractivity contribution < 1.29 is 17.9 Å². The van der Waals surface area contributed by atoms with Crippen LogP contribution < -0.4 is 10.6 Å². The number of hydrogen-bond acceptors (Lipinski definition) is 3. The van der Waals surface area contributed by atoms with Crippen LogP contribution in [-0.2, 0) is 10.9 Å². The van der Waals surface area contributed by atoms with E-state index >= 15 is 0 Å². The number of nitrogen functional groups attached to an aromatic ring is 1. The largest absolute Gasteiger partial charge is 0.416 e. The molecule has 1 aromatic rings. The van der Waals surface area contributed by atoms with Gasteiger partial charge in [-0.15, -0.1) is 0 Å². The number of hydrogen-bond donors (Lipinski definition) is 1. The second-order valence-corrected chi connectivity index (χ2v) is 4.05. The molecule has 0 amide bonds. The zero-order valence-corrected chi connectivity index (χ0v) is 11.1. The molecule has 6 heteroatoms. The molecule has 2 N–H and O–H groups in total. The van der Waals surface area contributed by atoms with Crippen molar-refractivity contribution in [1.82, 2.24) is 0 Å². The second kappa shape index (κ2) is 6.65. The fourth-order valence-corrected chi connectivity index (χ4v) is 1.79. The Morgan fingerprint density at radius 1 is 1.26 bits per heavy atom. The summed E-state index contributed by atoms with van der Waals surface area (Å²) in [6, 6.07) is 3.43. The van der Waals surface area contributed by atoms with Crippen LogP contribution in [0.25, 0.3) is 0 Å². The summed E-state index contributed by atoms with van der Waals surface area (Å²) < 4.78 is 42.9. The van der Waals surface area contributed by atoms with Crippen LogP contribution >= 0.6 is 0 Å². The lowest BCUT2D eigenvalue weighted by atomic mass is 10.1. The number of anilines is 2. The minimum absolute atomic E-state index is 0.133. The summed E-state index contributed by atoms with van der Waals surface area (Å²) in [7, 11) is 0. The molecule has 0 aromatic heterocycles. The zero-order chi connectivity index (χ0) is 14.5. The summed E-state index contributed by atoms with van der Waals surface area (Å²) >= 11 is 0. The Kier molecular flexibility index (Phi) is 5.47. The molecule has 0 atom stereocenters. The normalized spacial score (nSPS) is 11.6. The maximum Gasteiger partial charge on any atom is 0.416 e. The van der Waals surface area contributed by atoms with E-state index in [-0.39, 0.29) is 5.69 Å². The molecule has 0 spiro atoms. The lowest BCUT2D eigenvalue weighted by Crippen LogP contribution is -2.28. The van der Waals surface area contributed by atoms with E-state index in [1.165, 1.54) is 6.07 Å². The van der Waals surface area contributed by atoms with E-state index < -0.39 is 11.7 Å². The summed E-state index contributed by atoms with van der Waals surface area (Å²) in [5, 5.41) is 0. The van der Waals surface area contributed by atoms with Crippen molar-refractivity contribution in [3.05, 3.63) is 23.8 Å². The smallest absolute Gasteiger partial charge is 0.397 e. The second-order valence-electron chi connectivity index (χ2n) is 4.05. The van der Waals surface area contributed by atoms with Crippen LogP contribution in [-0.4, -0.2) is 26.3 Å². The molecule has 0 aliphatic rings. The number of benzene rings is 1. The van der Waals surface area contributed by atoms with E-state index in [1.807, 2.05) is 18.7 Å². The summed E-state index contributed by atoms with van der Waals surface area (Å²) in [6.45, 7) is 6.19. The van der Waals surface area contributed by atoms with Crippen LogP contribution in [0, 0.1) is 0 Å². The van der Waals surface area contributed by atoms with Gasteiger partial charge in [0.25, 0.3) is 0 Å². The average molecular weight is 276 g/mol. The molecule has 0 heterocycles. The van der Waals surface area contributed by atoms with Crippen LogP contribution in [0.15, 0.2) is 18.2 Å². The predicted molar refractivity (Wildman–Crippen MR) is 70.2 cm³/mol. The molecule has 0 aliphatic carbocycles. The maximum atomic E-state index is 12.5. The minimum Gasteiger partial charge on any atom is -0.397 e. The molecule has 0 fully saturated rings. The van der Waals surface area contributed by atoms with Gasteiger partial charge in [0, 0.05) is 19.7 Å². The minimum atomic E-state index is -4.37. The highest BCUT2D eigenvalue weighted by atomic mass is 19.4. The van der Waals surface area contributed by atoms with E-state index in [0.29, 0.717) is 32.0 Å². The highest BCUT2D eigenvalue weighted by molar-refractivity contribution is 5.68. The molecule has 1 aromatic carbocycles. The molecule has 19 heavy (non-hydrogen) atoms. The van der Waals surface area contributed by atoms with Gasteiger partial charge < -0.3 is 15.4 Å². The van der Waals surface area contributed by atoms with Crippen molar-refractivity contribution in [1.29, 1.82) is 0 Å². The fourth-order valence-electron chi connectivity index (χ4n) is 1.79. The first-order chi connectivity index (χ1) is 8.90. The fraction of sp³-hybridized carbons (Fsp3) is 0.538. The van der Waals surface area contributed by atoms with Gasteiger partial charge in [-0.3, -0.25) is 0 Å². The maximum absolute atomic E-state index is 12.5. The molecule has 0 unspecified atom stereocenters. The third kappa shape index (κ3) is 4.31. The lowest BCUT2D eigenvalue weighted by Gasteiger charge is -2.25. The average Bonchev–Trinajstić information content (AvgIpc) is 2.34. The quantitative estimate of drug-likeness (QED) is 0.640. The van der Waals surface area contributed by atoms with Crippen LogP contribution in [0.3, 0.4) is 0 Å². The van der Waals surface area contributed by atoms with Crippen molar-refractivity contribution in [2.75, 3.05) is 36.9 Å². The van der Waals surface area contributed by atoms with Gasteiger partial charge >= 0.3 is 6.18 Å². The standard InChI is InChI=1S/C13H19F3N2O/c1-3-18(7-8-19-4-2)12-6-5-10(9-11(12)17)13(14,15)16/h5-6,9H,3-4,7-8,17H2,1-2H3. The van der Waals surface area contributed by atoms with Crippen molar-refractivity contribution in [2.45, 2.75) is 20.0 Å². The summed E-state index contributed by atoms with van der Waals surface area (Å²) in [5.74, 6) is 0. The highest BCUT2D eigenvalue weighted by Gasteiger charge is 2.31. The Hall–Kier alpha value is -1.43. The van der Waals surface area contributed by atoms with Gasteiger partial charge in [-0.05, 0) is 32.0 Å². The van der Waals surface area contributed by atoms with Gasteiger partial charge in [0.15, 0.2) is 0 Å². The SMILES string of the molecule is CCOCCN(CC)c1ccc(C(F)(F)F)cc1N. The van der Waals surface area contributed by atoms with E-state index in [9.17, 15) is 13.2 Å². The van der Waals surface area contributed by atoms with Gasteiger partial charge in [0.2, 0.25) is 0 Å². The van der Waals surface area contributed by atoms with Crippen molar-refractivity contribution in [2.24, 2.45) is 0 Å². The van der Waals surface area contributed by atoms with E-state index in [1.54, 1.807) is 0 Å². The first kappa shape index (κ1) is 15.6. The Balaban J connectivity index is 2.87. The van der Waals surface area contributed by atoms with Crippen molar-refractivity contribution >= 4 is 11.4 Å². The van der Waals surface area contributed by atoms with Gasteiger partial charge in [0.1, 0.15) is 0 Å². The molecule has 0 saturated carbocycles. The first-order valence-corrected chi connectivity index (χ1v) is 6.19. The molecule has 108 valence electrons. The number of halogens is 3. The number of nitrogens with zero attached hydrogens (tertiary/aromatic N) is 1. The van der Waals surface area contributed by atoms with E-state index in [0.717, 1.165) is 12.1 Å². The topological polar surface area (TPSA) is 38.5 Å². The monoisotopic (exact) mass is 276 g/mol. The molecule has 0 bridgehead atoms. The number of alkyl halides is 3. The number of rotatable bonds is 6. The number of nitrogens with two attached hydrogens (primary N) is 1. The first-order valence-electron chi connectivity index (χ1n) is 6.19. The highest BCUT2D eigenvalue weighted by Crippen LogP contribution is 2.33. The van der Waals surface area contributed by atoms with Crippen LogP contribution in [0.5, 0.6) is 0 Å². The molecule has 0 saturated heterocycles. The summed E-state index contributed by atoms with van der Waals surface area (Å²) in [6.07, 6.45) is -4.37.